The van der Waals surface area contributed by atoms with E-state index in [0.717, 1.165) is 6.42 Å². The molecule has 0 amide bonds. The summed E-state index contributed by atoms with van der Waals surface area (Å²) >= 11 is 0. The van der Waals surface area contributed by atoms with Gasteiger partial charge in [0.2, 0.25) is 0 Å². The number of hydrogen-bond donors (Lipinski definition) is 2. The maximum Gasteiger partial charge on any atom is 0.0184 e. The lowest BCUT2D eigenvalue weighted by Crippen LogP contribution is -2.00. The van der Waals surface area contributed by atoms with E-state index in [1.54, 1.807) is 0 Å². The first-order valence-electron chi connectivity index (χ1n) is 6.38. The number of aryl methyl sites for hydroxylation is 1. The van der Waals surface area contributed by atoms with Gasteiger partial charge in [-0.25, -0.2) is 0 Å². The highest BCUT2D eigenvalue weighted by Crippen LogP contribution is 2.40. The largest absolute Gasteiger partial charge is 0.326 e. The average Bonchev–Trinajstić information content (AvgIpc) is 2.77. The Labute approximate surface area is 108 Å². The van der Waals surface area contributed by atoms with Crippen molar-refractivity contribution in [1.29, 1.82) is 0 Å². The summed E-state index contributed by atoms with van der Waals surface area (Å²) in [6.45, 7) is 3.36. The molecule has 4 N–H and O–H groups in total. The Hall–Kier alpha value is -1.64. The molecule has 0 fully saturated rings. The molecule has 0 saturated heterocycles. The van der Waals surface area contributed by atoms with Crippen molar-refractivity contribution in [2.75, 3.05) is 0 Å². The molecule has 0 atom stereocenters. The molecule has 0 saturated carbocycles. The second-order valence-electron chi connectivity index (χ2n) is 4.98. The first kappa shape index (κ1) is 11.5. The van der Waals surface area contributed by atoms with Crippen molar-refractivity contribution < 1.29 is 0 Å². The molecular weight excluding hydrogens is 220 g/mol. The third-order valence-electron chi connectivity index (χ3n) is 3.86. The second-order valence-corrected chi connectivity index (χ2v) is 4.98. The van der Waals surface area contributed by atoms with Gasteiger partial charge in [0, 0.05) is 13.1 Å². The van der Waals surface area contributed by atoms with Crippen molar-refractivity contribution in [3.05, 3.63) is 58.1 Å². The van der Waals surface area contributed by atoms with Gasteiger partial charge in [-0.05, 0) is 58.4 Å². The minimum atomic E-state index is 0.592. The van der Waals surface area contributed by atoms with Crippen LogP contribution in [0.5, 0.6) is 0 Å². The Morgan fingerprint density at radius 2 is 1.94 bits per heavy atom. The number of fused-ring (bicyclic) bond motifs is 3. The molecule has 0 bridgehead atoms. The highest BCUT2D eigenvalue weighted by molar-refractivity contribution is 5.81. The zero-order valence-corrected chi connectivity index (χ0v) is 10.7. The Bertz CT molecular complexity index is 615. The smallest absolute Gasteiger partial charge is 0.0184 e. The van der Waals surface area contributed by atoms with Crippen LogP contribution in [0.3, 0.4) is 0 Å². The van der Waals surface area contributed by atoms with Crippen LogP contribution in [-0.4, -0.2) is 0 Å². The summed E-state index contributed by atoms with van der Waals surface area (Å²) in [5, 5.41) is 0. The molecule has 2 nitrogen and oxygen atoms in total. The van der Waals surface area contributed by atoms with Gasteiger partial charge >= 0.3 is 0 Å². The van der Waals surface area contributed by atoms with Gasteiger partial charge in [-0.3, -0.25) is 0 Å². The summed E-state index contributed by atoms with van der Waals surface area (Å²) in [6, 6.07) is 10.9. The summed E-state index contributed by atoms with van der Waals surface area (Å²) in [5.41, 5.74) is 20.9. The Morgan fingerprint density at radius 1 is 1.11 bits per heavy atom. The topological polar surface area (TPSA) is 52.0 Å². The SMILES string of the molecule is Cc1cc(CN)cc2c1Cc1cccc(CN)c1-2. The lowest BCUT2D eigenvalue weighted by Gasteiger charge is -2.10. The van der Waals surface area contributed by atoms with Crippen LogP contribution in [-0.2, 0) is 19.5 Å². The van der Waals surface area contributed by atoms with Crippen molar-refractivity contribution in [3.8, 4) is 11.1 Å². The molecule has 2 aromatic rings. The van der Waals surface area contributed by atoms with Crippen molar-refractivity contribution in [1.82, 2.24) is 0 Å². The molecule has 2 heteroatoms. The molecular formula is C16H18N2. The lowest BCUT2D eigenvalue weighted by molar-refractivity contribution is 1.06. The summed E-state index contributed by atoms with van der Waals surface area (Å²) < 4.78 is 0. The molecule has 0 spiro atoms. The van der Waals surface area contributed by atoms with Gasteiger partial charge in [-0.15, -0.1) is 0 Å². The van der Waals surface area contributed by atoms with Crippen molar-refractivity contribution in [2.24, 2.45) is 11.5 Å². The predicted octanol–water partition coefficient (Wildman–Crippen LogP) is 2.48. The minimum Gasteiger partial charge on any atom is -0.326 e. The molecule has 0 unspecified atom stereocenters. The highest BCUT2D eigenvalue weighted by Gasteiger charge is 2.22. The quantitative estimate of drug-likeness (QED) is 0.720. The monoisotopic (exact) mass is 238 g/mol. The van der Waals surface area contributed by atoms with Gasteiger partial charge in [-0.1, -0.05) is 24.3 Å². The van der Waals surface area contributed by atoms with E-state index in [1.165, 1.54) is 38.9 Å². The van der Waals surface area contributed by atoms with E-state index < -0.39 is 0 Å². The number of hydrogen-bond acceptors (Lipinski definition) is 2. The molecule has 0 radical (unpaired) electrons. The highest BCUT2D eigenvalue weighted by atomic mass is 14.5. The number of benzene rings is 2. The maximum atomic E-state index is 5.86. The molecule has 1 aliphatic rings. The number of nitrogens with two attached hydrogens (primary N) is 2. The molecule has 1 aliphatic carbocycles. The molecule has 92 valence electrons. The average molecular weight is 238 g/mol. The van der Waals surface area contributed by atoms with Gasteiger partial charge in [0.05, 0.1) is 0 Å². The molecule has 18 heavy (non-hydrogen) atoms. The van der Waals surface area contributed by atoms with Gasteiger partial charge in [-0.2, -0.15) is 0 Å². The van der Waals surface area contributed by atoms with Crippen LogP contribution in [0.1, 0.15) is 27.8 Å². The molecule has 2 aromatic carbocycles. The van der Waals surface area contributed by atoms with Crippen LogP contribution in [0.15, 0.2) is 30.3 Å². The van der Waals surface area contributed by atoms with Crippen LogP contribution in [0.25, 0.3) is 11.1 Å². The van der Waals surface area contributed by atoms with E-state index in [2.05, 4.69) is 37.3 Å². The lowest BCUT2D eigenvalue weighted by atomic mass is 9.96. The van der Waals surface area contributed by atoms with Crippen molar-refractivity contribution in [3.63, 3.8) is 0 Å². The summed E-state index contributed by atoms with van der Waals surface area (Å²) in [4.78, 5) is 0. The third kappa shape index (κ3) is 1.57. The second kappa shape index (κ2) is 4.23. The summed E-state index contributed by atoms with van der Waals surface area (Å²) in [5.74, 6) is 0. The van der Waals surface area contributed by atoms with Gasteiger partial charge in [0.15, 0.2) is 0 Å². The van der Waals surface area contributed by atoms with E-state index in [1.807, 2.05) is 0 Å². The van der Waals surface area contributed by atoms with E-state index >= 15 is 0 Å². The predicted molar refractivity (Wildman–Crippen MR) is 75.2 cm³/mol. The molecule has 0 heterocycles. The number of rotatable bonds is 2. The zero-order valence-electron chi connectivity index (χ0n) is 10.7. The zero-order chi connectivity index (χ0) is 12.7. The molecule has 3 rings (SSSR count). The summed E-state index contributed by atoms with van der Waals surface area (Å²) in [6.07, 6.45) is 1.02. The van der Waals surface area contributed by atoms with Gasteiger partial charge in [0.25, 0.3) is 0 Å². The van der Waals surface area contributed by atoms with Gasteiger partial charge in [0.1, 0.15) is 0 Å². The van der Waals surface area contributed by atoms with Crippen molar-refractivity contribution >= 4 is 0 Å². The van der Waals surface area contributed by atoms with Crippen molar-refractivity contribution in [2.45, 2.75) is 26.4 Å². The van der Waals surface area contributed by atoms with E-state index in [0.29, 0.717) is 13.1 Å². The minimum absolute atomic E-state index is 0.592. The standard InChI is InChI=1S/C16H18N2/c1-10-5-11(8-17)6-15-14(10)7-12-3-2-4-13(9-18)16(12)15/h2-6H,7-9,17-18H2,1H3. The Kier molecular flexibility index (Phi) is 2.69. The fourth-order valence-corrected chi connectivity index (χ4v) is 2.97. The first-order valence-corrected chi connectivity index (χ1v) is 6.38. The fourth-order valence-electron chi connectivity index (χ4n) is 2.97. The first-order chi connectivity index (χ1) is 8.74. The summed E-state index contributed by atoms with van der Waals surface area (Å²) in [7, 11) is 0. The van der Waals surface area contributed by atoms with E-state index in [4.69, 9.17) is 11.5 Å². The Morgan fingerprint density at radius 3 is 2.67 bits per heavy atom. The van der Waals surface area contributed by atoms with Crippen LogP contribution < -0.4 is 11.5 Å². The van der Waals surface area contributed by atoms with Crippen LogP contribution in [0, 0.1) is 6.92 Å². The Balaban J connectivity index is 2.28. The van der Waals surface area contributed by atoms with Crippen LogP contribution in [0.4, 0.5) is 0 Å². The van der Waals surface area contributed by atoms with E-state index in [-0.39, 0.29) is 0 Å². The van der Waals surface area contributed by atoms with E-state index in [9.17, 15) is 0 Å². The molecule has 0 aromatic heterocycles. The van der Waals surface area contributed by atoms with Crippen LogP contribution in [0.2, 0.25) is 0 Å². The fraction of sp³-hybridized carbons (Fsp3) is 0.250. The normalized spacial score (nSPS) is 12.4. The van der Waals surface area contributed by atoms with Crippen LogP contribution >= 0.6 is 0 Å². The van der Waals surface area contributed by atoms with Gasteiger partial charge < -0.3 is 11.5 Å². The third-order valence-corrected chi connectivity index (χ3v) is 3.86. The molecule has 0 aliphatic heterocycles. The maximum absolute atomic E-state index is 5.86.